The van der Waals surface area contributed by atoms with Crippen LogP contribution < -0.4 is 10.2 Å². The van der Waals surface area contributed by atoms with E-state index in [1.54, 1.807) is 12.4 Å². The van der Waals surface area contributed by atoms with Crippen LogP contribution in [0.5, 0.6) is 0 Å². The third-order valence-electron chi connectivity index (χ3n) is 5.68. The number of benzene rings is 1. The summed E-state index contributed by atoms with van der Waals surface area (Å²) in [6, 6.07) is 10.9. The summed E-state index contributed by atoms with van der Waals surface area (Å²) in [5, 5.41) is 16.9. The van der Waals surface area contributed by atoms with Crippen molar-refractivity contribution in [1.29, 1.82) is 0 Å². The van der Waals surface area contributed by atoms with Crippen LogP contribution in [0.2, 0.25) is 0 Å². The van der Waals surface area contributed by atoms with E-state index in [9.17, 15) is 19.1 Å². The summed E-state index contributed by atoms with van der Waals surface area (Å²) < 4.78 is 16.5. The van der Waals surface area contributed by atoms with Crippen molar-refractivity contribution in [2.24, 2.45) is 0 Å². The smallest absolute Gasteiger partial charge is 0.331 e. The predicted octanol–water partition coefficient (Wildman–Crippen LogP) is 2.12. The Kier molecular flexibility index (Phi) is 4.62. The lowest BCUT2D eigenvalue weighted by atomic mass is 9.98. The minimum atomic E-state index is -1.47. The molecule has 3 aromatic heterocycles. The van der Waals surface area contributed by atoms with E-state index < -0.39 is 17.4 Å². The lowest BCUT2D eigenvalue weighted by Gasteiger charge is -2.26. The zero-order valence-electron chi connectivity index (χ0n) is 16.8. The highest BCUT2D eigenvalue weighted by molar-refractivity contribution is 5.97. The Morgan fingerprint density at radius 2 is 1.91 bits per heavy atom. The normalized spacial score (nSPS) is 18.2. The number of nitrogens with one attached hydrogen (secondary N) is 1. The predicted molar refractivity (Wildman–Crippen MR) is 113 cm³/mol. The molecule has 9 nitrogen and oxygen atoms in total. The van der Waals surface area contributed by atoms with Crippen molar-refractivity contribution < 1.29 is 19.1 Å². The highest BCUT2D eigenvalue weighted by Crippen LogP contribution is 2.29. The molecule has 0 spiro atoms. The van der Waals surface area contributed by atoms with Crippen molar-refractivity contribution in [2.75, 3.05) is 18.0 Å². The number of carboxylic acid groups (broad SMARTS) is 1. The van der Waals surface area contributed by atoms with E-state index in [2.05, 4.69) is 15.4 Å². The maximum absolute atomic E-state index is 13.1. The van der Waals surface area contributed by atoms with E-state index in [-0.39, 0.29) is 24.5 Å². The largest absolute Gasteiger partial charge is 0.479 e. The van der Waals surface area contributed by atoms with Gasteiger partial charge in [0.1, 0.15) is 5.82 Å². The number of halogens is 1. The van der Waals surface area contributed by atoms with Gasteiger partial charge in [0.25, 0.3) is 5.91 Å². The Hall–Kier alpha value is -4.21. The number of anilines is 1. The molecule has 1 fully saturated rings. The first-order chi connectivity index (χ1) is 15.4. The fraction of sp³-hybridized carbons (Fsp3) is 0.182. The number of rotatable bonds is 5. The van der Waals surface area contributed by atoms with Crippen molar-refractivity contribution in [3.05, 3.63) is 78.8 Å². The van der Waals surface area contributed by atoms with Crippen LogP contribution in [-0.2, 0) is 4.79 Å². The number of aromatic nitrogens is 4. The minimum absolute atomic E-state index is 0.0696. The van der Waals surface area contributed by atoms with Crippen LogP contribution in [0, 0.1) is 5.82 Å². The van der Waals surface area contributed by atoms with Gasteiger partial charge in [-0.3, -0.25) is 4.79 Å². The van der Waals surface area contributed by atoms with Gasteiger partial charge in [0.2, 0.25) is 0 Å². The number of carbonyl (C=O) groups excluding carboxylic acids is 1. The molecular weight excluding hydrogens is 415 g/mol. The van der Waals surface area contributed by atoms with E-state index in [0.29, 0.717) is 18.1 Å². The Balaban J connectivity index is 1.37. The Labute approximate surface area is 181 Å². The molecule has 0 saturated carbocycles. The summed E-state index contributed by atoms with van der Waals surface area (Å²) in [5.41, 5.74) is 0.0350. The third-order valence-corrected chi connectivity index (χ3v) is 5.68. The molecule has 5 rings (SSSR count). The second-order valence-electron chi connectivity index (χ2n) is 7.69. The second kappa shape index (κ2) is 7.49. The van der Waals surface area contributed by atoms with Gasteiger partial charge in [-0.1, -0.05) is 0 Å². The first-order valence-corrected chi connectivity index (χ1v) is 9.99. The molecule has 0 aliphatic carbocycles. The third kappa shape index (κ3) is 3.35. The van der Waals surface area contributed by atoms with Gasteiger partial charge >= 0.3 is 5.97 Å². The highest BCUT2D eigenvalue weighted by Gasteiger charge is 2.47. The molecule has 1 atom stereocenters. The topological polar surface area (TPSA) is 105 Å². The summed E-state index contributed by atoms with van der Waals surface area (Å²) in [7, 11) is 0. The first kappa shape index (κ1) is 19.7. The standard InChI is InChI=1S/C22H19FN6O3/c23-15-3-5-16(6-4-15)29-11-7-17(26-29)20(30)25-22(21(31)32)8-12-28(14-22)19-18-2-1-10-27(18)13-9-24-19/h1-7,9-11,13H,8,12,14H2,(H,25,30)(H,31,32). The van der Waals surface area contributed by atoms with Gasteiger partial charge in [-0.05, 0) is 42.5 Å². The van der Waals surface area contributed by atoms with Crippen LogP contribution in [0.3, 0.4) is 0 Å². The maximum Gasteiger partial charge on any atom is 0.331 e. The van der Waals surface area contributed by atoms with Crippen molar-refractivity contribution in [2.45, 2.75) is 12.0 Å². The van der Waals surface area contributed by atoms with E-state index in [4.69, 9.17) is 0 Å². The number of hydrogen-bond acceptors (Lipinski definition) is 5. The van der Waals surface area contributed by atoms with Gasteiger partial charge in [0.05, 0.1) is 17.7 Å². The van der Waals surface area contributed by atoms with Crippen LogP contribution >= 0.6 is 0 Å². The molecule has 1 amide bonds. The number of hydrogen-bond donors (Lipinski definition) is 2. The number of amides is 1. The van der Waals surface area contributed by atoms with E-state index in [1.807, 2.05) is 33.8 Å². The number of aliphatic carboxylic acids is 1. The Bertz CT molecular complexity index is 1310. The van der Waals surface area contributed by atoms with E-state index >= 15 is 0 Å². The molecule has 32 heavy (non-hydrogen) atoms. The van der Waals surface area contributed by atoms with Gasteiger partial charge in [-0.25, -0.2) is 18.9 Å². The summed E-state index contributed by atoms with van der Waals surface area (Å²) in [4.78, 5) is 31.4. The fourth-order valence-electron chi connectivity index (χ4n) is 3.98. The number of nitrogens with zero attached hydrogens (tertiary/aromatic N) is 5. The quantitative estimate of drug-likeness (QED) is 0.499. The molecule has 2 N–H and O–H groups in total. The van der Waals surface area contributed by atoms with Crippen LogP contribution in [0.1, 0.15) is 16.9 Å². The molecule has 1 saturated heterocycles. The Morgan fingerprint density at radius 3 is 2.69 bits per heavy atom. The maximum atomic E-state index is 13.1. The molecule has 0 radical (unpaired) electrons. The molecule has 1 aliphatic rings. The average molecular weight is 434 g/mol. The molecule has 4 heterocycles. The molecule has 1 unspecified atom stereocenters. The zero-order valence-corrected chi connectivity index (χ0v) is 16.8. The molecule has 1 aliphatic heterocycles. The molecule has 162 valence electrons. The summed E-state index contributed by atoms with van der Waals surface area (Å²) in [6.07, 6.45) is 7.15. The number of carbonyl (C=O) groups is 2. The van der Waals surface area contributed by atoms with Gasteiger partial charge in [-0.15, -0.1) is 0 Å². The van der Waals surface area contributed by atoms with Crippen molar-refractivity contribution in [3.8, 4) is 5.69 Å². The van der Waals surface area contributed by atoms with Crippen LogP contribution in [0.15, 0.2) is 67.3 Å². The number of fused-ring (bicyclic) bond motifs is 1. The highest BCUT2D eigenvalue weighted by atomic mass is 19.1. The minimum Gasteiger partial charge on any atom is -0.479 e. The molecular formula is C22H19FN6O3. The zero-order chi connectivity index (χ0) is 22.3. The fourth-order valence-corrected chi connectivity index (χ4v) is 3.98. The summed E-state index contributed by atoms with van der Waals surface area (Å²) in [5.74, 6) is -1.42. The summed E-state index contributed by atoms with van der Waals surface area (Å²) in [6.45, 7) is 0.499. The van der Waals surface area contributed by atoms with Crippen LogP contribution in [0.4, 0.5) is 10.2 Å². The molecule has 0 bridgehead atoms. The van der Waals surface area contributed by atoms with Crippen LogP contribution in [-0.4, -0.2) is 54.8 Å². The van der Waals surface area contributed by atoms with Crippen molar-refractivity contribution in [3.63, 3.8) is 0 Å². The van der Waals surface area contributed by atoms with Crippen molar-refractivity contribution in [1.82, 2.24) is 24.5 Å². The van der Waals surface area contributed by atoms with Crippen molar-refractivity contribution >= 4 is 23.2 Å². The van der Waals surface area contributed by atoms with Gasteiger partial charge < -0.3 is 19.7 Å². The average Bonchev–Trinajstić information content (AvgIpc) is 3.53. The van der Waals surface area contributed by atoms with E-state index in [0.717, 1.165) is 5.52 Å². The SMILES string of the molecule is O=C(NC1(C(=O)O)CCN(c2nccn3cccc23)C1)c1ccn(-c2ccc(F)cc2)n1. The van der Waals surface area contributed by atoms with Crippen LogP contribution in [0.25, 0.3) is 11.2 Å². The lowest BCUT2D eigenvalue weighted by Crippen LogP contribution is -2.56. The lowest BCUT2D eigenvalue weighted by molar-refractivity contribution is -0.143. The van der Waals surface area contributed by atoms with Gasteiger partial charge in [0.15, 0.2) is 17.1 Å². The summed E-state index contributed by atoms with van der Waals surface area (Å²) >= 11 is 0. The Morgan fingerprint density at radius 1 is 1.09 bits per heavy atom. The monoisotopic (exact) mass is 434 g/mol. The molecule has 1 aromatic carbocycles. The molecule has 4 aromatic rings. The molecule has 10 heteroatoms. The number of carboxylic acids is 1. The van der Waals surface area contributed by atoms with E-state index in [1.165, 1.54) is 35.0 Å². The van der Waals surface area contributed by atoms with Gasteiger partial charge in [-0.2, -0.15) is 5.10 Å². The van der Waals surface area contributed by atoms with Gasteiger partial charge in [0, 0.05) is 37.8 Å². The second-order valence-corrected chi connectivity index (χ2v) is 7.69. The first-order valence-electron chi connectivity index (χ1n) is 9.99.